The van der Waals surface area contributed by atoms with Crippen LogP contribution in [0.5, 0.6) is 28.7 Å². The molecule has 29 heavy (non-hydrogen) atoms. The van der Waals surface area contributed by atoms with Crippen LogP contribution >= 0.6 is 0 Å². The number of benzene rings is 2. The molecule has 3 rings (SSSR count). The smallest absolute Gasteiger partial charge is 0.283 e. The van der Waals surface area contributed by atoms with Crippen LogP contribution < -0.4 is 34.5 Å². The van der Waals surface area contributed by atoms with Crippen molar-refractivity contribution in [2.45, 2.75) is 12.5 Å². The molecule has 1 aliphatic heterocycles. The predicted octanol–water partition coefficient (Wildman–Crippen LogP) is 1.24. The van der Waals surface area contributed by atoms with Crippen LogP contribution in [-0.2, 0) is 16.0 Å². The minimum Gasteiger partial charge on any atom is -0.493 e. The van der Waals surface area contributed by atoms with Crippen molar-refractivity contribution >= 4 is 11.8 Å². The number of hydrogen-bond donors (Lipinski definition) is 2. The van der Waals surface area contributed by atoms with Crippen LogP contribution in [0.1, 0.15) is 5.56 Å². The Kier molecular flexibility index (Phi) is 6.28. The second-order valence-electron chi connectivity index (χ2n) is 6.11. The van der Waals surface area contributed by atoms with Gasteiger partial charge in [-0.2, -0.15) is 0 Å². The van der Waals surface area contributed by atoms with Gasteiger partial charge in [0.2, 0.25) is 17.8 Å². The molecule has 9 heteroatoms. The van der Waals surface area contributed by atoms with Crippen molar-refractivity contribution < 1.29 is 33.3 Å². The Balaban J connectivity index is 1.57. The average molecular weight is 402 g/mol. The molecule has 1 aliphatic rings. The Morgan fingerprint density at radius 1 is 1.00 bits per heavy atom. The Morgan fingerprint density at radius 2 is 1.66 bits per heavy atom. The number of methoxy groups -OCH3 is 3. The van der Waals surface area contributed by atoms with E-state index in [1.807, 2.05) is 6.07 Å². The van der Waals surface area contributed by atoms with Gasteiger partial charge in [-0.15, -0.1) is 0 Å². The Morgan fingerprint density at radius 3 is 2.28 bits per heavy atom. The zero-order chi connectivity index (χ0) is 20.8. The third-order valence-electron chi connectivity index (χ3n) is 4.22. The first-order valence-electron chi connectivity index (χ1n) is 8.81. The van der Waals surface area contributed by atoms with Gasteiger partial charge in [-0.1, -0.05) is 12.1 Å². The fraction of sp³-hybridized carbons (Fsp3) is 0.300. The highest BCUT2D eigenvalue weighted by Gasteiger charge is 2.27. The van der Waals surface area contributed by atoms with Gasteiger partial charge in [-0.3, -0.25) is 20.4 Å². The first-order chi connectivity index (χ1) is 14.0. The number of rotatable bonds is 6. The first-order valence-corrected chi connectivity index (χ1v) is 8.81. The van der Waals surface area contributed by atoms with E-state index in [0.29, 0.717) is 34.3 Å². The van der Waals surface area contributed by atoms with E-state index < -0.39 is 17.9 Å². The third-order valence-corrected chi connectivity index (χ3v) is 4.22. The van der Waals surface area contributed by atoms with Crippen molar-refractivity contribution in [3.8, 4) is 28.7 Å². The zero-order valence-corrected chi connectivity index (χ0v) is 16.3. The van der Waals surface area contributed by atoms with Crippen molar-refractivity contribution in [1.29, 1.82) is 0 Å². The SMILES string of the molecule is COc1cc(CC(=O)NNC(=O)[C@H]2COc3ccccc3O2)cc(OC)c1OC. The number of carbonyl (C=O) groups excluding carboxylic acids is 2. The van der Waals surface area contributed by atoms with Crippen LogP contribution in [0, 0.1) is 0 Å². The maximum atomic E-state index is 12.3. The van der Waals surface area contributed by atoms with Gasteiger partial charge in [-0.05, 0) is 29.8 Å². The molecule has 0 radical (unpaired) electrons. The van der Waals surface area contributed by atoms with Crippen LogP contribution in [-0.4, -0.2) is 45.9 Å². The molecule has 0 unspecified atom stereocenters. The molecule has 0 aliphatic carbocycles. The van der Waals surface area contributed by atoms with E-state index in [2.05, 4.69) is 10.9 Å². The van der Waals surface area contributed by atoms with Gasteiger partial charge in [0.1, 0.15) is 6.61 Å². The highest BCUT2D eigenvalue weighted by molar-refractivity contribution is 5.86. The van der Waals surface area contributed by atoms with E-state index in [1.54, 1.807) is 30.3 Å². The fourth-order valence-corrected chi connectivity index (χ4v) is 2.83. The van der Waals surface area contributed by atoms with Crippen molar-refractivity contribution in [3.05, 3.63) is 42.0 Å². The fourth-order valence-electron chi connectivity index (χ4n) is 2.83. The second-order valence-corrected chi connectivity index (χ2v) is 6.11. The molecule has 1 heterocycles. The molecule has 0 saturated heterocycles. The maximum absolute atomic E-state index is 12.3. The van der Waals surface area contributed by atoms with Gasteiger partial charge in [0.15, 0.2) is 23.0 Å². The summed E-state index contributed by atoms with van der Waals surface area (Å²) in [6.07, 6.45) is -0.881. The molecular weight excluding hydrogens is 380 g/mol. The van der Waals surface area contributed by atoms with Crippen molar-refractivity contribution in [1.82, 2.24) is 10.9 Å². The highest BCUT2D eigenvalue weighted by atomic mass is 16.6. The molecule has 0 aromatic heterocycles. The summed E-state index contributed by atoms with van der Waals surface area (Å²) >= 11 is 0. The summed E-state index contributed by atoms with van der Waals surface area (Å²) in [6, 6.07) is 10.4. The summed E-state index contributed by atoms with van der Waals surface area (Å²) in [6.45, 7) is 0.0472. The third kappa shape index (κ3) is 4.63. The Bertz CT molecular complexity index is 875. The van der Waals surface area contributed by atoms with Crippen molar-refractivity contribution in [2.24, 2.45) is 0 Å². The van der Waals surface area contributed by atoms with Gasteiger partial charge >= 0.3 is 0 Å². The summed E-state index contributed by atoms with van der Waals surface area (Å²) < 4.78 is 26.9. The molecule has 1 atom stereocenters. The molecule has 0 bridgehead atoms. The number of para-hydroxylation sites is 2. The van der Waals surface area contributed by atoms with Gasteiger partial charge in [0, 0.05) is 0 Å². The molecule has 2 amide bonds. The quantitative estimate of drug-likeness (QED) is 0.701. The van der Waals surface area contributed by atoms with Gasteiger partial charge in [0.25, 0.3) is 5.91 Å². The molecule has 2 N–H and O–H groups in total. The van der Waals surface area contributed by atoms with Crippen molar-refractivity contribution in [3.63, 3.8) is 0 Å². The van der Waals surface area contributed by atoms with Crippen LogP contribution in [0.25, 0.3) is 0 Å². The number of nitrogens with one attached hydrogen (secondary N) is 2. The predicted molar refractivity (Wildman–Crippen MR) is 102 cm³/mol. The summed E-state index contributed by atoms with van der Waals surface area (Å²) in [5, 5.41) is 0. The lowest BCUT2D eigenvalue weighted by atomic mass is 10.1. The van der Waals surface area contributed by atoms with E-state index in [1.165, 1.54) is 21.3 Å². The molecule has 0 saturated carbocycles. The molecule has 154 valence electrons. The minimum absolute atomic E-state index is 0.0121. The molecule has 9 nitrogen and oxygen atoms in total. The summed E-state index contributed by atoms with van der Waals surface area (Å²) in [5.41, 5.74) is 5.34. The van der Waals surface area contributed by atoms with Crippen LogP contribution in [0.4, 0.5) is 0 Å². The molecular formula is C20H22N2O7. The van der Waals surface area contributed by atoms with E-state index in [4.69, 9.17) is 23.7 Å². The number of carbonyl (C=O) groups is 2. The summed E-state index contributed by atoms with van der Waals surface area (Å²) in [7, 11) is 4.48. The lowest BCUT2D eigenvalue weighted by molar-refractivity contribution is -0.134. The molecule has 2 aromatic carbocycles. The zero-order valence-electron chi connectivity index (χ0n) is 16.3. The summed E-state index contributed by atoms with van der Waals surface area (Å²) in [5.74, 6) is 1.41. The molecule has 0 spiro atoms. The Hall–Kier alpha value is -3.62. The lowest BCUT2D eigenvalue weighted by Gasteiger charge is -2.25. The topological polar surface area (TPSA) is 104 Å². The van der Waals surface area contributed by atoms with Crippen LogP contribution in [0.3, 0.4) is 0 Å². The first kappa shape index (κ1) is 20.1. The van der Waals surface area contributed by atoms with Gasteiger partial charge in [0.05, 0.1) is 27.8 Å². The second kappa shape index (κ2) is 9.05. The minimum atomic E-state index is -0.869. The number of ether oxygens (including phenoxy) is 5. The van der Waals surface area contributed by atoms with Crippen molar-refractivity contribution in [2.75, 3.05) is 27.9 Å². The van der Waals surface area contributed by atoms with Crippen LogP contribution in [0.15, 0.2) is 36.4 Å². The monoisotopic (exact) mass is 402 g/mol. The van der Waals surface area contributed by atoms with E-state index in [-0.39, 0.29) is 13.0 Å². The number of fused-ring (bicyclic) bond motifs is 1. The normalized spacial score (nSPS) is 14.5. The Labute approximate surface area is 167 Å². The lowest BCUT2D eigenvalue weighted by Crippen LogP contribution is -2.51. The number of hydrogen-bond acceptors (Lipinski definition) is 7. The summed E-state index contributed by atoms with van der Waals surface area (Å²) in [4.78, 5) is 24.5. The van der Waals surface area contributed by atoms with E-state index >= 15 is 0 Å². The highest BCUT2D eigenvalue weighted by Crippen LogP contribution is 2.38. The number of hydrazine groups is 1. The van der Waals surface area contributed by atoms with Crippen LogP contribution in [0.2, 0.25) is 0 Å². The van der Waals surface area contributed by atoms with Gasteiger partial charge in [-0.25, -0.2) is 0 Å². The van der Waals surface area contributed by atoms with E-state index in [0.717, 1.165) is 0 Å². The molecule has 2 aromatic rings. The van der Waals surface area contributed by atoms with E-state index in [9.17, 15) is 9.59 Å². The largest absolute Gasteiger partial charge is 0.493 e. The molecule has 0 fully saturated rings. The standard InChI is InChI=1S/C20H22N2O7/c1-25-15-8-12(9-16(26-2)19(15)27-3)10-18(23)21-22-20(24)17-11-28-13-6-4-5-7-14(13)29-17/h4-9,17H,10-11H2,1-3H3,(H,21,23)(H,22,24)/t17-/m1/s1. The average Bonchev–Trinajstić information content (AvgIpc) is 2.76. The number of amides is 2. The maximum Gasteiger partial charge on any atom is 0.283 e. The van der Waals surface area contributed by atoms with Gasteiger partial charge < -0.3 is 23.7 Å².